The normalized spacial score (nSPS) is 44.6. The SMILES string of the molecule is NC[C@H](O)C(=O)N[C@@H]1C[C@H](N)C(O[C@H]2O[C@H](CNCC(N)CO)[C@@H](O)[C@H](O)[C@H]2N)[C@H](O)[C@H]1O[C@H]1O[C@H](CO)[C@@H](O)[C@H](N)[C@H]1O. The fourth-order valence-corrected chi connectivity index (χ4v) is 5.38. The van der Waals surface area contributed by atoms with Crippen molar-refractivity contribution in [3.8, 4) is 0 Å². The maximum Gasteiger partial charge on any atom is 0.250 e. The van der Waals surface area contributed by atoms with Crippen LogP contribution in [0.15, 0.2) is 0 Å². The molecule has 2 saturated heterocycles. The molecule has 17 atom stereocenters. The zero-order valence-electron chi connectivity index (χ0n) is 24.1. The second kappa shape index (κ2) is 16.5. The van der Waals surface area contributed by atoms with Crippen molar-refractivity contribution < 1.29 is 64.6 Å². The average molecular weight is 644 g/mol. The number of aliphatic hydroxyl groups excluding tert-OH is 8. The highest BCUT2D eigenvalue weighted by molar-refractivity contribution is 5.81. The minimum Gasteiger partial charge on any atom is -0.395 e. The summed E-state index contributed by atoms with van der Waals surface area (Å²) in [5.41, 5.74) is 29.4. The number of ether oxygens (including phenoxy) is 4. The maximum absolute atomic E-state index is 12.5. The summed E-state index contributed by atoms with van der Waals surface area (Å²) < 4.78 is 23.1. The van der Waals surface area contributed by atoms with Crippen LogP contribution in [0.3, 0.4) is 0 Å². The Morgan fingerprint density at radius 2 is 1.50 bits per heavy atom. The third kappa shape index (κ3) is 8.56. The summed E-state index contributed by atoms with van der Waals surface area (Å²) in [6, 6.07) is -5.34. The molecule has 0 aromatic heterocycles. The van der Waals surface area contributed by atoms with Gasteiger partial charge >= 0.3 is 0 Å². The molecule has 20 nitrogen and oxygen atoms in total. The fourth-order valence-electron chi connectivity index (χ4n) is 5.38. The van der Waals surface area contributed by atoms with Gasteiger partial charge in [-0.25, -0.2) is 0 Å². The largest absolute Gasteiger partial charge is 0.395 e. The Kier molecular flexibility index (Phi) is 14.0. The molecule has 20 N–H and O–H groups in total. The van der Waals surface area contributed by atoms with Crippen LogP contribution in [0.5, 0.6) is 0 Å². The van der Waals surface area contributed by atoms with Crippen molar-refractivity contribution in [2.24, 2.45) is 28.7 Å². The molecule has 44 heavy (non-hydrogen) atoms. The average Bonchev–Trinajstić information content (AvgIpc) is 3.00. The van der Waals surface area contributed by atoms with Gasteiger partial charge in [0.25, 0.3) is 0 Å². The van der Waals surface area contributed by atoms with Gasteiger partial charge in [-0.2, -0.15) is 0 Å². The number of carbonyl (C=O) groups excluding carboxylic acids is 1. The van der Waals surface area contributed by atoms with Crippen molar-refractivity contribution in [3.63, 3.8) is 0 Å². The quantitative estimate of drug-likeness (QED) is 0.0885. The molecule has 0 aromatic carbocycles. The van der Waals surface area contributed by atoms with E-state index in [1.807, 2.05) is 0 Å². The Morgan fingerprint density at radius 3 is 2.11 bits per heavy atom. The van der Waals surface area contributed by atoms with Crippen molar-refractivity contribution in [3.05, 3.63) is 0 Å². The van der Waals surface area contributed by atoms with Crippen molar-refractivity contribution in [2.75, 3.05) is 32.8 Å². The van der Waals surface area contributed by atoms with E-state index in [1.165, 1.54) is 0 Å². The van der Waals surface area contributed by atoms with Gasteiger partial charge in [0.2, 0.25) is 5.91 Å². The first-order valence-electron chi connectivity index (χ1n) is 14.4. The molecule has 3 rings (SSSR count). The van der Waals surface area contributed by atoms with Gasteiger partial charge in [0.15, 0.2) is 12.6 Å². The highest BCUT2D eigenvalue weighted by Gasteiger charge is 2.52. The van der Waals surface area contributed by atoms with Crippen molar-refractivity contribution >= 4 is 5.91 Å². The van der Waals surface area contributed by atoms with Crippen LogP contribution >= 0.6 is 0 Å². The monoisotopic (exact) mass is 643 g/mol. The molecule has 0 spiro atoms. The van der Waals surface area contributed by atoms with Gasteiger partial charge < -0.3 is 99.1 Å². The number of hydrogen-bond donors (Lipinski definition) is 15. The Balaban J connectivity index is 1.81. The summed E-state index contributed by atoms with van der Waals surface area (Å²) in [7, 11) is 0. The summed E-state index contributed by atoms with van der Waals surface area (Å²) >= 11 is 0. The smallest absolute Gasteiger partial charge is 0.250 e. The fraction of sp³-hybridized carbons (Fsp3) is 0.958. The Bertz CT molecular complexity index is 899. The van der Waals surface area contributed by atoms with Gasteiger partial charge in [-0.3, -0.25) is 4.79 Å². The highest BCUT2D eigenvalue weighted by atomic mass is 16.7. The number of rotatable bonds is 13. The van der Waals surface area contributed by atoms with E-state index in [4.69, 9.17) is 52.7 Å². The van der Waals surface area contributed by atoms with Gasteiger partial charge in [0, 0.05) is 31.7 Å². The van der Waals surface area contributed by atoms with E-state index in [-0.39, 0.29) is 26.1 Å². The zero-order valence-corrected chi connectivity index (χ0v) is 24.1. The first-order valence-corrected chi connectivity index (χ1v) is 14.4. The Morgan fingerprint density at radius 1 is 0.864 bits per heavy atom. The van der Waals surface area contributed by atoms with Crippen molar-refractivity contribution in [1.29, 1.82) is 0 Å². The van der Waals surface area contributed by atoms with Gasteiger partial charge in [0.05, 0.1) is 31.3 Å². The van der Waals surface area contributed by atoms with Crippen LogP contribution < -0.4 is 39.3 Å². The molecule has 2 aliphatic heterocycles. The first-order chi connectivity index (χ1) is 20.7. The van der Waals surface area contributed by atoms with Crippen molar-refractivity contribution in [2.45, 2.75) is 110 Å². The van der Waals surface area contributed by atoms with Gasteiger partial charge in [-0.05, 0) is 6.42 Å². The van der Waals surface area contributed by atoms with Crippen LogP contribution in [-0.2, 0) is 23.7 Å². The van der Waals surface area contributed by atoms with Crippen LogP contribution in [0.2, 0.25) is 0 Å². The Hall–Kier alpha value is -1.25. The second-order valence-electron chi connectivity index (χ2n) is 11.4. The van der Waals surface area contributed by atoms with E-state index < -0.39 is 123 Å². The van der Waals surface area contributed by atoms with Crippen LogP contribution in [0, 0.1) is 0 Å². The molecule has 0 bridgehead atoms. The highest BCUT2D eigenvalue weighted by Crippen LogP contribution is 2.31. The number of nitrogens with one attached hydrogen (secondary N) is 2. The molecule has 20 heteroatoms. The summed E-state index contributed by atoms with van der Waals surface area (Å²) in [4.78, 5) is 12.5. The Labute approximate surface area is 253 Å². The topological polar surface area (TPSA) is 370 Å². The number of amides is 1. The lowest BCUT2D eigenvalue weighted by Crippen LogP contribution is -2.70. The number of hydrogen-bond acceptors (Lipinski definition) is 19. The van der Waals surface area contributed by atoms with E-state index in [0.717, 1.165) is 0 Å². The molecule has 1 aliphatic carbocycles. The number of aliphatic hydroxyl groups is 8. The lowest BCUT2D eigenvalue weighted by atomic mass is 9.83. The molecule has 0 radical (unpaired) electrons. The van der Waals surface area contributed by atoms with E-state index >= 15 is 0 Å². The lowest BCUT2D eigenvalue weighted by Gasteiger charge is -2.49. The van der Waals surface area contributed by atoms with E-state index in [1.54, 1.807) is 0 Å². The van der Waals surface area contributed by atoms with E-state index in [9.17, 15) is 40.5 Å². The second-order valence-corrected chi connectivity index (χ2v) is 11.4. The van der Waals surface area contributed by atoms with E-state index in [0.29, 0.717) is 0 Å². The number of carbonyl (C=O) groups is 1. The van der Waals surface area contributed by atoms with Crippen LogP contribution in [-0.4, -0.2) is 183 Å². The molecule has 2 unspecified atom stereocenters. The molecule has 0 aromatic rings. The molecular weight excluding hydrogens is 594 g/mol. The van der Waals surface area contributed by atoms with Crippen LogP contribution in [0.25, 0.3) is 0 Å². The molecule has 2 heterocycles. The van der Waals surface area contributed by atoms with E-state index in [2.05, 4.69) is 10.6 Å². The van der Waals surface area contributed by atoms with Crippen molar-refractivity contribution in [1.82, 2.24) is 10.6 Å². The summed E-state index contributed by atoms with van der Waals surface area (Å²) in [6.45, 7) is -1.23. The molecule has 3 aliphatic rings. The number of nitrogens with two attached hydrogens (primary N) is 5. The predicted octanol–water partition coefficient (Wildman–Crippen LogP) is -9.90. The molecule has 1 amide bonds. The summed E-state index contributed by atoms with van der Waals surface area (Å²) in [5, 5.41) is 87.4. The standard InChI is InChI=1S/C24H49N7O13/c25-2-10(34)22(40)31-9-1-8(27)20(19(39)21(9)44-24-18(38)13(28)15(35)12(6-33)42-24)43-23-14(29)17(37)16(36)11(41-23)4-30-3-7(26)5-32/h7-21,23-24,30,32-39H,1-6,25-29H2,(H,31,40)/t7?,8-,9+,10-,11+,12+,13-,14+,15+,16+,17+,18+,19-,20?,21-,23+,24+/m0/s1. The van der Waals surface area contributed by atoms with Gasteiger partial charge in [-0.1, -0.05) is 0 Å². The van der Waals surface area contributed by atoms with Crippen LogP contribution in [0.4, 0.5) is 0 Å². The molecule has 258 valence electrons. The zero-order chi connectivity index (χ0) is 32.9. The third-order valence-electron chi connectivity index (χ3n) is 8.13. The van der Waals surface area contributed by atoms with Gasteiger partial charge in [-0.15, -0.1) is 0 Å². The first kappa shape index (κ1) is 37.2. The lowest BCUT2D eigenvalue weighted by molar-refractivity contribution is -0.320. The van der Waals surface area contributed by atoms with Crippen LogP contribution in [0.1, 0.15) is 6.42 Å². The summed E-state index contributed by atoms with van der Waals surface area (Å²) in [5.74, 6) is -0.902. The minimum absolute atomic E-state index is 0.0177. The predicted molar refractivity (Wildman–Crippen MR) is 148 cm³/mol. The summed E-state index contributed by atoms with van der Waals surface area (Å²) in [6.07, 6.45) is -17.6. The third-order valence-corrected chi connectivity index (χ3v) is 8.13. The molecule has 3 fully saturated rings. The minimum atomic E-state index is -1.70. The maximum atomic E-state index is 12.5. The van der Waals surface area contributed by atoms with Gasteiger partial charge in [0.1, 0.15) is 61.0 Å². The molecular formula is C24H49N7O13. The molecule has 1 saturated carbocycles.